The first-order chi connectivity index (χ1) is 8.44. The first kappa shape index (κ1) is 16.2. The summed E-state index contributed by atoms with van der Waals surface area (Å²) in [7, 11) is 0. The summed E-state index contributed by atoms with van der Waals surface area (Å²) < 4.78 is 13.0. The first-order valence-electron chi connectivity index (χ1n) is 5.93. The predicted molar refractivity (Wildman–Crippen MR) is 76.2 cm³/mol. The van der Waals surface area contributed by atoms with Gasteiger partial charge in [-0.3, -0.25) is 4.79 Å². The molecule has 3 nitrogen and oxygen atoms in total. The molecular formula is C13H17Cl2FN2O. The van der Waals surface area contributed by atoms with E-state index in [2.05, 4.69) is 5.32 Å². The van der Waals surface area contributed by atoms with E-state index in [0.717, 1.165) is 18.4 Å². The number of hydrogen-bond donors (Lipinski definition) is 2. The number of hydrogen-bond acceptors (Lipinski definition) is 2. The molecule has 0 bridgehead atoms. The fraction of sp³-hybridized carbons (Fsp3) is 0.462. The van der Waals surface area contributed by atoms with Crippen LogP contribution in [-0.2, 0) is 10.2 Å². The zero-order chi connectivity index (χ0) is 13.3. The molecule has 0 radical (unpaired) electrons. The molecule has 0 spiro atoms. The number of benzene rings is 1. The summed E-state index contributed by atoms with van der Waals surface area (Å²) in [5.41, 5.74) is 6.24. The number of nitrogens with two attached hydrogens (primary N) is 1. The van der Waals surface area contributed by atoms with Crippen molar-refractivity contribution in [3.63, 3.8) is 0 Å². The van der Waals surface area contributed by atoms with Gasteiger partial charge in [0.25, 0.3) is 0 Å². The highest BCUT2D eigenvalue weighted by Gasteiger charge is 2.45. The Balaban J connectivity index is 0.00000180. The average Bonchev–Trinajstić information content (AvgIpc) is 3.06. The summed E-state index contributed by atoms with van der Waals surface area (Å²) in [5.74, 6) is -0.529. The van der Waals surface area contributed by atoms with Crippen molar-refractivity contribution in [1.82, 2.24) is 5.32 Å². The highest BCUT2D eigenvalue weighted by Crippen LogP contribution is 2.50. The summed E-state index contributed by atoms with van der Waals surface area (Å²) >= 11 is 6.05. The van der Waals surface area contributed by atoms with E-state index in [1.54, 1.807) is 13.0 Å². The Labute approximate surface area is 123 Å². The fourth-order valence-corrected chi connectivity index (χ4v) is 2.40. The molecule has 106 valence electrons. The second-order valence-electron chi connectivity index (χ2n) is 4.91. The van der Waals surface area contributed by atoms with E-state index in [4.69, 9.17) is 17.3 Å². The third-order valence-corrected chi connectivity index (χ3v) is 3.68. The van der Waals surface area contributed by atoms with Gasteiger partial charge in [-0.2, -0.15) is 0 Å². The summed E-state index contributed by atoms with van der Waals surface area (Å²) in [4.78, 5) is 11.5. The molecule has 1 aromatic rings. The number of nitrogens with one attached hydrogen (secondary N) is 1. The lowest BCUT2D eigenvalue weighted by atomic mass is 9.95. The fourth-order valence-electron chi connectivity index (χ4n) is 2.03. The van der Waals surface area contributed by atoms with Crippen LogP contribution in [0.4, 0.5) is 4.39 Å². The Kier molecular flexibility index (Phi) is 5.18. The molecule has 6 heteroatoms. The van der Waals surface area contributed by atoms with Gasteiger partial charge in [-0.1, -0.05) is 17.7 Å². The molecule has 0 heterocycles. The molecule has 1 atom stereocenters. The largest absolute Gasteiger partial charge is 0.354 e. The Hall–Kier alpha value is -0.840. The third kappa shape index (κ3) is 3.59. The van der Waals surface area contributed by atoms with Crippen molar-refractivity contribution in [3.05, 3.63) is 34.6 Å². The smallest absolute Gasteiger partial charge is 0.236 e. The maximum atomic E-state index is 13.0. The Morgan fingerprint density at radius 3 is 2.68 bits per heavy atom. The molecule has 1 aliphatic carbocycles. The highest BCUT2D eigenvalue weighted by molar-refractivity contribution is 6.31. The number of carbonyl (C=O) groups is 1. The first-order valence-corrected chi connectivity index (χ1v) is 6.31. The van der Waals surface area contributed by atoms with Crippen molar-refractivity contribution in [3.8, 4) is 0 Å². The predicted octanol–water partition coefficient (Wildman–Crippen LogP) is 2.40. The van der Waals surface area contributed by atoms with Crippen molar-refractivity contribution >= 4 is 29.9 Å². The summed E-state index contributed by atoms with van der Waals surface area (Å²) in [6.45, 7) is 2.14. The molecule has 3 N–H and O–H groups in total. The van der Waals surface area contributed by atoms with Gasteiger partial charge < -0.3 is 11.1 Å². The summed E-state index contributed by atoms with van der Waals surface area (Å²) in [5, 5.41) is 3.23. The molecule has 2 rings (SSSR count). The van der Waals surface area contributed by atoms with Crippen LogP contribution in [-0.4, -0.2) is 18.5 Å². The lowest BCUT2D eigenvalue weighted by Gasteiger charge is -2.18. The topological polar surface area (TPSA) is 55.1 Å². The number of carbonyl (C=O) groups excluding carboxylic acids is 1. The van der Waals surface area contributed by atoms with Gasteiger partial charge in [0.05, 0.1) is 6.04 Å². The van der Waals surface area contributed by atoms with E-state index in [0.29, 0.717) is 11.6 Å². The zero-order valence-corrected chi connectivity index (χ0v) is 12.2. The molecule has 0 saturated heterocycles. The quantitative estimate of drug-likeness (QED) is 0.897. The SMILES string of the molecule is C[C@@H](N)C(=O)NCC1(c2ccc(F)cc2Cl)CC1.Cl. The average molecular weight is 307 g/mol. The normalized spacial score (nSPS) is 17.3. The monoisotopic (exact) mass is 306 g/mol. The minimum absolute atomic E-state index is 0. The summed E-state index contributed by atoms with van der Waals surface area (Å²) in [6, 6.07) is 3.88. The molecular weight excluding hydrogens is 290 g/mol. The van der Waals surface area contributed by atoms with Crippen LogP contribution in [0.25, 0.3) is 0 Å². The Bertz CT molecular complexity index is 476. The van der Waals surface area contributed by atoms with E-state index < -0.39 is 6.04 Å². The van der Waals surface area contributed by atoms with Crippen LogP contribution in [0.1, 0.15) is 25.3 Å². The standard InChI is InChI=1S/C13H16ClFN2O.ClH/c1-8(16)12(18)17-7-13(4-5-13)10-3-2-9(15)6-11(10)14;/h2-3,6,8H,4-5,7,16H2,1H3,(H,17,18);1H/t8-;/m1./s1. The second-order valence-corrected chi connectivity index (χ2v) is 5.32. The van der Waals surface area contributed by atoms with E-state index in [1.165, 1.54) is 12.1 Å². The molecule has 0 unspecified atom stereocenters. The van der Waals surface area contributed by atoms with Crippen LogP contribution in [0, 0.1) is 5.82 Å². The molecule has 1 fully saturated rings. The van der Waals surface area contributed by atoms with Gasteiger partial charge in [-0.05, 0) is 37.5 Å². The molecule has 19 heavy (non-hydrogen) atoms. The Morgan fingerprint density at radius 1 is 1.58 bits per heavy atom. The number of amides is 1. The van der Waals surface area contributed by atoms with E-state index in [9.17, 15) is 9.18 Å². The van der Waals surface area contributed by atoms with Gasteiger partial charge in [0.15, 0.2) is 0 Å². The lowest BCUT2D eigenvalue weighted by molar-refractivity contribution is -0.122. The molecule has 1 aliphatic rings. The molecule has 0 aliphatic heterocycles. The van der Waals surface area contributed by atoms with E-state index in [-0.39, 0.29) is 29.5 Å². The van der Waals surface area contributed by atoms with Crippen LogP contribution in [0.2, 0.25) is 5.02 Å². The zero-order valence-electron chi connectivity index (χ0n) is 10.6. The van der Waals surface area contributed by atoms with Crippen molar-refractivity contribution in [2.24, 2.45) is 5.73 Å². The van der Waals surface area contributed by atoms with Crippen LogP contribution < -0.4 is 11.1 Å². The van der Waals surface area contributed by atoms with Gasteiger partial charge in [0.2, 0.25) is 5.91 Å². The van der Waals surface area contributed by atoms with Crippen molar-refractivity contribution < 1.29 is 9.18 Å². The maximum Gasteiger partial charge on any atom is 0.236 e. The number of rotatable bonds is 4. The molecule has 1 amide bonds. The van der Waals surface area contributed by atoms with Crippen LogP contribution in [0.5, 0.6) is 0 Å². The van der Waals surface area contributed by atoms with Crippen LogP contribution in [0.3, 0.4) is 0 Å². The Morgan fingerprint density at radius 2 is 2.21 bits per heavy atom. The number of halogens is 3. The van der Waals surface area contributed by atoms with E-state index >= 15 is 0 Å². The second kappa shape index (κ2) is 6.07. The van der Waals surface area contributed by atoms with Crippen molar-refractivity contribution in [2.45, 2.75) is 31.2 Å². The summed E-state index contributed by atoms with van der Waals surface area (Å²) in [6.07, 6.45) is 1.88. The van der Waals surface area contributed by atoms with Gasteiger partial charge in [0.1, 0.15) is 5.82 Å². The van der Waals surface area contributed by atoms with Gasteiger partial charge in [-0.25, -0.2) is 4.39 Å². The maximum absolute atomic E-state index is 13.0. The molecule has 1 saturated carbocycles. The van der Waals surface area contributed by atoms with Gasteiger partial charge in [-0.15, -0.1) is 12.4 Å². The third-order valence-electron chi connectivity index (χ3n) is 3.37. The van der Waals surface area contributed by atoms with Crippen molar-refractivity contribution in [2.75, 3.05) is 6.54 Å². The van der Waals surface area contributed by atoms with Gasteiger partial charge in [0, 0.05) is 17.0 Å². The van der Waals surface area contributed by atoms with Gasteiger partial charge >= 0.3 is 0 Å². The minimum atomic E-state index is -0.524. The lowest BCUT2D eigenvalue weighted by Crippen LogP contribution is -2.41. The molecule has 0 aromatic heterocycles. The van der Waals surface area contributed by atoms with Crippen LogP contribution >= 0.6 is 24.0 Å². The van der Waals surface area contributed by atoms with Crippen molar-refractivity contribution in [1.29, 1.82) is 0 Å². The van der Waals surface area contributed by atoms with E-state index in [1.807, 2.05) is 0 Å². The highest BCUT2D eigenvalue weighted by atomic mass is 35.5. The minimum Gasteiger partial charge on any atom is -0.354 e. The van der Waals surface area contributed by atoms with Crippen LogP contribution in [0.15, 0.2) is 18.2 Å². The molecule has 1 aromatic carbocycles.